The first-order valence-corrected chi connectivity index (χ1v) is 3.84. The molecule has 0 spiro atoms. The molecule has 0 bridgehead atoms. The summed E-state index contributed by atoms with van der Waals surface area (Å²) < 4.78 is 0. The van der Waals surface area contributed by atoms with E-state index < -0.39 is 0 Å². The number of rotatable bonds is 2. The van der Waals surface area contributed by atoms with Crippen molar-refractivity contribution in [2.75, 3.05) is 0 Å². The van der Waals surface area contributed by atoms with E-state index in [1.54, 1.807) is 6.20 Å². The van der Waals surface area contributed by atoms with Gasteiger partial charge in [-0.3, -0.25) is 0 Å². The average Bonchev–Trinajstić information content (AvgIpc) is 2.06. The zero-order valence-corrected chi connectivity index (χ0v) is 6.75. The standard InChI is InChI=1S/C10H13N/c1-2-9-5-3-4-6-10(9)7-8-11/h3-8H,2,11H2,1H3/b8-7-. The zero-order chi connectivity index (χ0) is 8.10. The summed E-state index contributed by atoms with van der Waals surface area (Å²) in [5.41, 5.74) is 7.87. The second kappa shape index (κ2) is 3.81. The van der Waals surface area contributed by atoms with Gasteiger partial charge in [0.25, 0.3) is 0 Å². The average molecular weight is 147 g/mol. The second-order valence-corrected chi connectivity index (χ2v) is 2.41. The summed E-state index contributed by atoms with van der Waals surface area (Å²) in [7, 11) is 0. The minimum Gasteiger partial charge on any atom is -0.405 e. The predicted octanol–water partition coefficient (Wildman–Crippen LogP) is 2.18. The van der Waals surface area contributed by atoms with Gasteiger partial charge in [-0.2, -0.15) is 0 Å². The number of nitrogens with two attached hydrogens (primary N) is 1. The van der Waals surface area contributed by atoms with Crippen LogP contribution in [0.25, 0.3) is 6.08 Å². The third-order valence-electron chi connectivity index (χ3n) is 1.71. The fourth-order valence-electron chi connectivity index (χ4n) is 1.12. The Morgan fingerprint density at radius 1 is 1.36 bits per heavy atom. The molecule has 0 aliphatic heterocycles. The van der Waals surface area contributed by atoms with E-state index in [0.717, 1.165) is 6.42 Å². The molecule has 0 heterocycles. The Morgan fingerprint density at radius 2 is 2.09 bits per heavy atom. The topological polar surface area (TPSA) is 26.0 Å². The molecule has 1 nitrogen and oxygen atoms in total. The molecule has 1 aromatic carbocycles. The molecule has 0 radical (unpaired) electrons. The molecule has 0 saturated heterocycles. The Labute approximate surface area is 67.5 Å². The summed E-state index contributed by atoms with van der Waals surface area (Å²) in [6.45, 7) is 2.14. The lowest BCUT2D eigenvalue weighted by Crippen LogP contribution is -1.85. The lowest BCUT2D eigenvalue weighted by Gasteiger charge is -2.00. The van der Waals surface area contributed by atoms with Crippen LogP contribution in [0.1, 0.15) is 18.1 Å². The molecule has 0 unspecified atom stereocenters. The highest BCUT2D eigenvalue weighted by atomic mass is 14.5. The van der Waals surface area contributed by atoms with E-state index in [4.69, 9.17) is 5.73 Å². The van der Waals surface area contributed by atoms with Crippen molar-refractivity contribution in [3.63, 3.8) is 0 Å². The highest BCUT2D eigenvalue weighted by molar-refractivity contribution is 5.53. The minimum absolute atomic E-state index is 1.06. The van der Waals surface area contributed by atoms with Crippen LogP contribution in [0.2, 0.25) is 0 Å². The minimum atomic E-state index is 1.06. The summed E-state index contributed by atoms with van der Waals surface area (Å²) in [5, 5.41) is 0. The number of aryl methyl sites for hydroxylation is 1. The second-order valence-electron chi connectivity index (χ2n) is 2.41. The first-order chi connectivity index (χ1) is 5.38. The van der Waals surface area contributed by atoms with Gasteiger partial charge in [0.1, 0.15) is 0 Å². The molecule has 1 heteroatoms. The van der Waals surface area contributed by atoms with Crippen LogP contribution in [0.4, 0.5) is 0 Å². The van der Waals surface area contributed by atoms with Gasteiger partial charge in [0.2, 0.25) is 0 Å². The normalized spacial score (nSPS) is 10.6. The summed E-state index contributed by atoms with van der Waals surface area (Å²) in [4.78, 5) is 0. The third-order valence-corrected chi connectivity index (χ3v) is 1.71. The lowest BCUT2D eigenvalue weighted by molar-refractivity contribution is 1.13. The molecule has 0 aliphatic carbocycles. The van der Waals surface area contributed by atoms with Crippen LogP contribution in [0.15, 0.2) is 30.5 Å². The number of hydrogen-bond donors (Lipinski definition) is 1. The molecule has 2 N–H and O–H groups in total. The van der Waals surface area contributed by atoms with Gasteiger partial charge in [0, 0.05) is 0 Å². The smallest absolute Gasteiger partial charge is 0.00563 e. The lowest BCUT2D eigenvalue weighted by atomic mass is 10.1. The van der Waals surface area contributed by atoms with Crippen molar-refractivity contribution in [1.82, 2.24) is 0 Å². The molecule has 0 amide bonds. The van der Waals surface area contributed by atoms with Gasteiger partial charge >= 0.3 is 0 Å². The van der Waals surface area contributed by atoms with Gasteiger partial charge in [0.15, 0.2) is 0 Å². The molecule has 0 fully saturated rings. The van der Waals surface area contributed by atoms with Gasteiger partial charge in [0.05, 0.1) is 0 Å². The molecule has 1 aromatic rings. The molecular weight excluding hydrogens is 134 g/mol. The Kier molecular flexibility index (Phi) is 2.73. The largest absolute Gasteiger partial charge is 0.405 e. The van der Waals surface area contributed by atoms with E-state index in [9.17, 15) is 0 Å². The van der Waals surface area contributed by atoms with Crippen molar-refractivity contribution < 1.29 is 0 Å². The van der Waals surface area contributed by atoms with Crippen LogP contribution in [-0.2, 0) is 6.42 Å². The molecule has 0 saturated carbocycles. The summed E-state index contributed by atoms with van der Waals surface area (Å²) in [6, 6.07) is 8.26. The Bertz CT molecular complexity index is 251. The van der Waals surface area contributed by atoms with E-state index in [1.165, 1.54) is 11.1 Å². The van der Waals surface area contributed by atoms with Gasteiger partial charge in [-0.05, 0) is 29.8 Å². The van der Waals surface area contributed by atoms with Gasteiger partial charge in [-0.25, -0.2) is 0 Å². The molecule has 1 rings (SSSR count). The Morgan fingerprint density at radius 3 is 2.73 bits per heavy atom. The maximum absolute atomic E-state index is 5.30. The maximum atomic E-state index is 5.30. The van der Waals surface area contributed by atoms with E-state index in [0.29, 0.717) is 0 Å². The van der Waals surface area contributed by atoms with E-state index in [1.807, 2.05) is 18.2 Å². The number of hydrogen-bond acceptors (Lipinski definition) is 1. The molecule has 11 heavy (non-hydrogen) atoms. The monoisotopic (exact) mass is 147 g/mol. The van der Waals surface area contributed by atoms with Crippen molar-refractivity contribution in [2.45, 2.75) is 13.3 Å². The Hall–Kier alpha value is -1.24. The van der Waals surface area contributed by atoms with Crippen LogP contribution in [0, 0.1) is 0 Å². The molecule has 0 aliphatic rings. The third kappa shape index (κ3) is 1.84. The van der Waals surface area contributed by atoms with Crippen molar-refractivity contribution >= 4 is 6.08 Å². The van der Waals surface area contributed by atoms with E-state index in [-0.39, 0.29) is 0 Å². The molecule has 0 aromatic heterocycles. The quantitative estimate of drug-likeness (QED) is 0.681. The summed E-state index contributed by atoms with van der Waals surface area (Å²) in [6.07, 6.45) is 4.56. The first kappa shape index (κ1) is 7.86. The van der Waals surface area contributed by atoms with Crippen LogP contribution < -0.4 is 5.73 Å². The fraction of sp³-hybridized carbons (Fsp3) is 0.200. The van der Waals surface area contributed by atoms with Crippen molar-refractivity contribution in [1.29, 1.82) is 0 Å². The van der Waals surface area contributed by atoms with Gasteiger partial charge < -0.3 is 5.73 Å². The van der Waals surface area contributed by atoms with E-state index >= 15 is 0 Å². The molecule has 0 atom stereocenters. The summed E-state index contributed by atoms with van der Waals surface area (Å²) >= 11 is 0. The highest BCUT2D eigenvalue weighted by Gasteiger charge is 1.92. The zero-order valence-electron chi connectivity index (χ0n) is 6.75. The molecular formula is C10H13N. The number of benzene rings is 1. The van der Waals surface area contributed by atoms with Crippen LogP contribution in [0.3, 0.4) is 0 Å². The highest BCUT2D eigenvalue weighted by Crippen LogP contribution is 2.10. The summed E-state index contributed by atoms with van der Waals surface area (Å²) in [5.74, 6) is 0. The van der Waals surface area contributed by atoms with E-state index in [2.05, 4.69) is 19.1 Å². The Balaban J connectivity index is 3.02. The SMILES string of the molecule is CCc1ccccc1/C=C\N. The van der Waals surface area contributed by atoms with Crippen molar-refractivity contribution in [3.8, 4) is 0 Å². The van der Waals surface area contributed by atoms with Crippen molar-refractivity contribution in [2.24, 2.45) is 5.73 Å². The van der Waals surface area contributed by atoms with Crippen LogP contribution >= 0.6 is 0 Å². The van der Waals surface area contributed by atoms with Gasteiger partial charge in [-0.15, -0.1) is 0 Å². The van der Waals surface area contributed by atoms with Crippen LogP contribution in [-0.4, -0.2) is 0 Å². The van der Waals surface area contributed by atoms with Crippen LogP contribution in [0.5, 0.6) is 0 Å². The molecule has 58 valence electrons. The maximum Gasteiger partial charge on any atom is -0.00563 e. The predicted molar refractivity (Wildman–Crippen MR) is 49.0 cm³/mol. The van der Waals surface area contributed by atoms with Crippen molar-refractivity contribution in [3.05, 3.63) is 41.6 Å². The van der Waals surface area contributed by atoms with Gasteiger partial charge in [-0.1, -0.05) is 31.2 Å². The first-order valence-electron chi connectivity index (χ1n) is 3.84. The fourth-order valence-corrected chi connectivity index (χ4v) is 1.12.